The zero-order valence-corrected chi connectivity index (χ0v) is 17.8. The summed E-state index contributed by atoms with van der Waals surface area (Å²) in [5.74, 6) is -7.39. The lowest BCUT2D eigenvalue weighted by atomic mass is 10.1. The number of aliphatic carboxylic acids is 2. The van der Waals surface area contributed by atoms with E-state index in [-0.39, 0.29) is 0 Å². The highest BCUT2D eigenvalue weighted by atomic mass is 16.4. The van der Waals surface area contributed by atoms with Gasteiger partial charge in [0.1, 0.15) is 30.2 Å². The van der Waals surface area contributed by atoms with Crippen molar-refractivity contribution in [1.29, 1.82) is 0 Å². The summed E-state index contributed by atoms with van der Waals surface area (Å²) in [5.41, 5.74) is 5.29. The molecule has 0 unspecified atom stereocenters. The first kappa shape index (κ1) is 29.7. The van der Waals surface area contributed by atoms with Gasteiger partial charge in [0.15, 0.2) is 0 Å². The molecule has 0 saturated carbocycles. The predicted octanol–water partition coefficient (Wildman–Crippen LogP) is -5.80. The molecule has 0 aromatic rings. The monoisotopic (exact) mass is 479 g/mol. The first-order chi connectivity index (χ1) is 15.2. The van der Waals surface area contributed by atoms with Crippen LogP contribution in [0.5, 0.6) is 0 Å². The minimum absolute atomic E-state index is 0.793. The highest BCUT2D eigenvalue weighted by Gasteiger charge is 2.33. The van der Waals surface area contributed by atoms with E-state index >= 15 is 0 Å². The van der Waals surface area contributed by atoms with E-state index in [4.69, 9.17) is 21.1 Å². The van der Waals surface area contributed by atoms with Gasteiger partial charge in [0.05, 0.1) is 25.7 Å². The lowest BCUT2D eigenvalue weighted by molar-refractivity contribution is -0.142. The minimum atomic E-state index is -1.75. The highest BCUT2D eigenvalue weighted by molar-refractivity contribution is 5.96. The zero-order valence-electron chi connectivity index (χ0n) is 17.8. The van der Waals surface area contributed by atoms with E-state index in [1.54, 1.807) is 0 Å². The highest BCUT2D eigenvalue weighted by Crippen LogP contribution is 2.00. The van der Waals surface area contributed by atoms with Crippen molar-refractivity contribution in [2.24, 2.45) is 5.73 Å². The van der Waals surface area contributed by atoms with Crippen molar-refractivity contribution < 1.29 is 54.3 Å². The molecule has 0 rings (SSSR count). The van der Waals surface area contributed by atoms with Crippen molar-refractivity contribution in [3.8, 4) is 0 Å². The van der Waals surface area contributed by atoms with Crippen LogP contribution in [0.2, 0.25) is 0 Å². The van der Waals surface area contributed by atoms with Crippen LogP contribution in [-0.4, -0.2) is 111 Å². The van der Waals surface area contributed by atoms with E-state index in [1.165, 1.54) is 0 Å². The first-order valence-corrected chi connectivity index (χ1v) is 9.56. The van der Waals surface area contributed by atoms with Crippen molar-refractivity contribution in [3.63, 3.8) is 0 Å². The summed E-state index contributed by atoms with van der Waals surface area (Å²) in [6.07, 6.45) is -2.44. The molecule has 4 amide bonds. The first-order valence-electron chi connectivity index (χ1n) is 9.56. The third-order valence-electron chi connectivity index (χ3n) is 4.15. The van der Waals surface area contributed by atoms with Crippen molar-refractivity contribution >= 4 is 35.6 Å². The molecule has 0 heterocycles. The van der Waals surface area contributed by atoms with E-state index in [9.17, 15) is 39.0 Å². The Morgan fingerprint density at radius 1 is 0.758 bits per heavy atom. The molecule has 0 saturated heterocycles. The molecule has 0 fully saturated rings. The molecule has 16 nitrogen and oxygen atoms in total. The number of carboxylic acid groups (broad SMARTS) is 2. The maximum atomic E-state index is 12.4. The van der Waals surface area contributed by atoms with E-state index in [0.717, 1.165) is 13.8 Å². The Labute approximate surface area is 187 Å². The topological polar surface area (TPSA) is 278 Å². The van der Waals surface area contributed by atoms with Crippen LogP contribution in [0.4, 0.5) is 0 Å². The Morgan fingerprint density at radius 3 is 1.70 bits per heavy atom. The molecule has 188 valence electrons. The van der Waals surface area contributed by atoms with Gasteiger partial charge in [0.2, 0.25) is 23.6 Å². The number of rotatable bonds is 14. The van der Waals surface area contributed by atoms with Gasteiger partial charge in [-0.2, -0.15) is 0 Å². The van der Waals surface area contributed by atoms with Gasteiger partial charge in [-0.1, -0.05) is 0 Å². The number of aliphatic hydroxyl groups excluding tert-OH is 3. The van der Waals surface area contributed by atoms with Gasteiger partial charge in [0.25, 0.3) is 0 Å². The summed E-state index contributed by atoms with van der Waals surface area (Å²) >= 11 is 0. The number of carbonyl (C=O) groups excluding carboxylic acids is 4. The SMILES string of the molecule is C[C@H](NC(=O)[C@@H](NC(=O)[C@H](CO)NC(=O)[C@H](CC(=O)O)NC(=O)[C@@H](N)CO)[C@@H](C)O)C(=O)O. The van der Waals surface area contributed by atoms with Crippen LogP contribution >= 0.6 is 0 Å². The van der Waals surface area contributed by atoms with Crippen LogP contribution in [0.15, 0.2) is 0 Å². The van der Waals surface area contributed by atoms with E-state index in [0.29, 0.717) is 0 Å². The molecule has 0 aliphatic carbocycles. The fraction of sp³-hybridized carbons (Fsp3) is 0.647. The van der Waals surface area contributed by atoms with E-state index < -0.39 is 91.5 Å². The zero-order chi connectivity index (χ0) is 25.9. The van der Waals surface area contributed by atoms with Crippen LogP contribution in [0, 0.1) is 0 Å². The molecule has 6 atom stereocenters. The van der Waals surface area contributed by atoms with Crippen molar-refractivity contribution in [1.82, 2.24) is 21.3 Å². The number of carbonyl (C=O) groups is 6. The smallest absolute Gasteiger partial charge is 0.325 e. The lowest BCUT2D eigenvalue weighted by Gasteiger charge is -2.26. The van der Waals surface area contributed by atoms with Crippen LogP contribution < -0.4 is 27.0 Å². The summed E-state index contributed by atoms with van der Waals surface area (Å²) in [6.45, 7) is 0.433. The lowest BCUT2D eigenvalue weighted by Crippen LogP contribution is -2.61. The van der Waals surface area contributed by atoms with Crippen molar-refractivity contribution in [2.45, 2.75) is 56.6 Å². The van der Waals surface area contributed by atoms with Gasteiger partial charge in [0, 0.05) is 0 Å². The molecular weight excluding hydrogens is 450 g/mol. The Bertz CT molecular complexity index is 745. The normalized spacial score (nSPS) is 16.2. The van der Waals surface area contributed by atoms with Gasteiger partial charge in [-0.05, 0) is 13.8 Å². The Morgan fingerprint density at radius 2 is 1.27 bits per heavy atom. The largest absolute Gasteiger partial charge is 0.481 e. The van der Waals surface area contributed by atoms with Crippen molar-refractivity contribution in [3.05, 3.63) is 0 Å². The van der Waals surface area contributed by atoms with E-state index in [1.807, 2.05) is 21.3 Å². The number of nitrogens with one attached hydrogen (secondary N) is 4. The van der Waals surface area contributed by atoms with Gasteiger partial charge < -0.3 is 52.5 Å². The number of amides is 4. The molecule has 0 aromatic heterocycles. The molecular formula is C17H29N5O11. The summed E-state index contributed by atoms with van der Waals surface area (Å²) in [5, 5.41) is 53.9. The minimum Gasteiger partial charge on any atom is -0.481 e. The maximum absolute atomic E-state index is 12.4. The number of carboxylic acids is 2. The van der Waals surface area contributed by atoms with Gasteiger partial charge >= 0.3 is 11.9 Å². The summed E-state index contributed by atoms with van der Waals surface area (Å²) in [4.78, 5) is 70.6. The molecule has 16 heteroatoms. The van der Waals surface area contributed by atoms with Crippen LogP contribution in [-0.2, 0) is 28.8 Å². The maximum Gasteiger partial charge on any atom is 0.325 e. The summed E-state index contributed by atoms with van der Waals surface area (Å²) in [7, 11) is 0. The second-order valence-electron chi connectivity index (χ2n) is 6.99. The third-order valence-corrected chi connectivity index (χ3v) is 4.15. The molecule has 0 aliphatic heterocycles. The van der Waals surface area contributed by atoms with Gasteiger partial charge in [-0.25, -0.2) is 0 Å². The second-order valence-corrected chi connectivity index (χ2v) is 6.99. The summed E-state index contributed by atoms with van der Waals surface area (Å²) in [6, 6.07) is -7.95. The molecule has 0 aliphatic rings. The molecule has 0 radical (unpaired) electrons. The number of hydrogen-bond acceptors (Lipinski definition) is 10. The standard InChI is InChI=1S/C17H29N5O11/c1-6(17(32)33)19-16(31)12(7(2)25)22-15(30)10(5-24)21-14(29)9(3-11(26)27)20-13(28)8(18)4-23/h6-10,12,23-25H,3-5,18H2,1-2H3,(H,19,31)(H,20,28)(H,21,29)(H,22,30)(H,26,27)(H,32,33)/t6-,7+,8-,9-,10-,12-/m0/s1. The molecule has 11 N–H and O–H groups in total. The Kier molecular flexibility index (Phi) is 12.5. The number of aliphatic hydroxyl groups is 3. The molecule has 0 aromatic carbocycles. The van der Waals surface area contributed by atoms with Crippen LogP contribution in [0.1, 0.15) is 20.3 Å². The quantitative estimate of drug-likeness (QED) is 0.111. The molecule has 0 spiro atoms. The third kappa shape index (κ3) is 10.2. The Balaban J connectivity index is 5.38. The number of hydrogen-bond donors (Lipinski definition) is 10. The second kappa shape index (κ2) is 13.9. The average Bonchev–Trinajstić information content (AvgIpc) is 2.73. The summed E-state index contributed by atoms with van der Waals surface area (Å²) < 4.78 is 0. The molecule has 0 bridgehead atoms. The van der Waals surface area contributed by atoms with Gasteiger partial charge in [-0.15, -0.1) is 0 Å². The fourth-order valence-corrected chi connectivity index (χ4v) is 2.24. The predicted molar refractivity (Wildman–Crippen MR) is 107 cm³/mol. The molecule has 33 heavy (non-hydrogen) atoms. The average molecular weight is 479 g/mol. The van der Waals surface area contributed by atoms with Crippen LogP contribution in [0.25, 0.3) is 0 Å². The van der Waals surface area contributed by atoms with Crippen molar-refractivity contribution in [2.75, 3.05) is 13.2 Å². The fourth-order valence-electron chi connectivity index (χ4n) is 2.24. The van der Waals surface area contributed by atoms with E-state index in [2.05, 4.69) is 0 Å². The number of nitrogens with two attached hydrogens (primary N) is 1. The van der Waals surface area contributed by atoms with Crippen LogP contribution in [0.3, 0.4) is 0 Å². The Hall–Kier alpha value is -3.34. The van der Waals surface area contributed by atoms with Gasteiger partial charge in [-0.3, -0.25) is 28.8 Å².